The number of carbonyl (C=O) groups is 1. The molecule has 3 heterocycles. The highest BCUT2D eigenvalue weighted by Gasteiger charge is 2.44. The molecule has 1 spiro atoms. The molecule has 2 aliphatic rings. The standard InChI is InChI=1S/C13H20N4O2/c1-16-9-13(19-12(16)18)3-2-5-17(6-4-13)8-11-7-14-10-15-11/h7,10H,2-6,8-9H2,1H3,(H,14,15)/t13-/m0/s1. The van der Waals surface area contributed by atoms with Crippen LogP contribution in [0.15, 0.2) is 12.5 Å². The summed E-state index contributed by atoms with van der Waals surface area (Å²) in [5.74, 6) is 0. The van der Waals surface area contributed by atoms with Gasteiger partial charge in [0.25, 0.3) is 0 Å². The van der Waals surface area contributed by atoms with E-state index in [4.69, 9.17) is 4.74 Å². The SMILES string of the molecule is CN1C[C@@]2(CCCN(Cc3cnc[nH]3)CC2)OC1=O. The second-order valence-electron chi connectivity index (χ2n) is 5.61. The summed E-state index contributed by atoms with van der Waals surface area (Å²) in [4.78, 5) is 22.8. The van der Waals surface area contributed by atoms with Crippen LogP contribution in [0.5, 0.6) is 0 Å². The van der Waals surface area contributed by atoms with Crippen molar-refractivity contribution in [1.29, 1.82) is 0 Å². The van der Waals surface area contributed by atoms with Crippen LogP contribution in [0.3, 0.4) is 0 Å². The summed E-state index contributed by atoms with van der Waals surface area (Å²) in [6.45, 7) is 3.62. The molecule has 1 atom stereocenters. The summed E-state index contributed by atoms with van der Waals surface area (Å²) in [5.41, 5.74) is 0.880. The molecule has 0 aromatic carbocycles. The number of ether oxygens (including phenoxy) is 1. The molecule has 6 nitrogen and oxygen atoms in total. The van der Waals surface area contributed by atoms with Gasteiger partial charge in [-0.3, -0.25) is 4.90 Å². The van der Waals surface area contributed by atoms with E-state index in [0.29, 0.717) is 0 Å². The van der Waals surface area contributed by atoms with Gasteiger partial charge in [0.05, 0.1) is 12.9 Å². The van der Waals surface area contributed by atoms with E-state index in [9.17, 15) is 4.79 Å². The highest BCUT2D eigenvalue weighted by Crippen LogP contribution is 2.32. The zero-order chi connectivity index (χ0) is 13.3. The molecule has 3 rings (SSSR count). The smallest absolute Gasteiger partial charge is 0.410 e. The topological polar surface area (TPSA) is 61.5 Å². The molecule has 2 saturated heterocycles. The number of likely N-dealkylation sites (tertiary alicyclic amines) is 1. The molecule has 2 fully saturated rings. The van der Waals surface area contributed by atoms with E-state index in [-0.39, 0.29) is 11.7 Å². The van der Waals surface area contributed by atoms with E-state index in [1.54, 1.807) is 11.2 Å². The molecule has 1 N–H and O–H groups in total. The van der Waals surface area contributed by atoms with Crippen LogP contribution in [0.1, 0.15) is 25.0 Å². The number of rotatable bonds is 2. The zero-order valence-corrected chi connectivity index (χ0v) is 11.3. The van der Waals surface area contributed by atoms with Crippen molar-refractivity contribution in [3.05, 3.63) is 18.2 Å². The van der Waals surface area contributed by atoms with Crippen LogP contribution in [0.4, 0.5) is 4.79 Å². The fourth-order valence-corrected chi connectivity index (χ4v) is 3.05. The molecule has 0 radical (unpaired) electrons. The molecule has 1 aromatic heterocycles. The van der Waals surface area contributed by atoms with Gasteiger partial charge in [-0.1, -0.05) is 0 Å². The number of likely N-dealkylation sites (N-methyl/N-ethyl adjacent to an activating group) is 1. The van der Waals surface area contributed by atoms with Crippen molar-refractivity contribution in [2.45, 2.75) is 31.4 Å². The Morgan fingerprint density at radius 1 is 1.47 bits per heavy atom. The van der Waals surface area contributed by atoms with Gasteiger partial charge in [0.2, 0.25) is 0 Å². The second-order valence-corrected chi connectivity index (χ2v) is 5.61. The molecule has 0 aliphatic carbocycles. The average molecular weight is 264 g/mol. The summed E-state index contributed by atoms with van der Waals surface area (Å²) >= 11 is 0. The van der Waals surface area contributed by atoms with Crippen LogP contribution in [-0.4, -0.2) is 58.1 Å². The summed E-state index contributed by atoms with van der Waals surface area (Å²) in [5, 5.41) is 0. The minimum Gasteiger partial charge on any atom is -0.441 e. The van der Waals surface area contributed by atoms with Gasteiger partial charge in [0.1, 0.15) is 5.60 Å². The number of carbonyl (C=O) groups excluding carboxylic acids is 1. The summed E-state index contributed by atoms with van der Waals surface area (Å²) in [6, 6.07) is 0. The van der Waals surface area contributed by atoms with E-state index in [1.165, 1.54) is 0 Å². The Labute approximate surface area is 112 Å². The van der Waals surface area contributed by atoms with Crippen molar-refractivity contribution >= 4 is 6.09 Å². The Kier molecular flexibility index (Phi) is 3.18. The minimum atomic E-state index is -0.255. The van der Waals surface area contributed by atoms with Crippen LogP contribution in [0.2, 0.25) is 0 Å². The third kappa shape index (κ3) is 2.58. The molecule has 0 saturated carbocycles. The number of hydrogen-bond donors (Lipinski definition) is 1. The largest absolute Gasteiger partial charge is 0.441 e. The molecule has 104 valence electrons. The van der Waals surface area contributed by atoms with Gasteiger partial charge in [0.15, 0.2) is 0 Å². The fraction of sp³-hybridized carbons (Fsp3) is 0.692. The van der Waals surface area contributed by atoms with Crippen LogP contribution in [-0.2, 0) is 11.3 Å². The van der Waals surface area contributed by atoms with Gasteiger partial charge in [-0.25, -0.2) is 9.78 Å². The number of imidazole rings is 1. The summed E-state index contributed by atoms with van der Waals surface area (Å²) in [6.07, 6.45) is 6.34. The fourth-order valence-electron chi connectivity index (χ4n) is 3.05. The molecule has 0 bridgehead atoms. The molecular formula is C13H20N4O2. The molecule has 2 aliphatic heterocycles. The zero-order valence-electron chi connectivity index (χ0n) is 11.3. The molecule has 6 heteroatoms. The Balaban J connectivity index is 1.61. The quantitative estimate of drug-likeness (QED) is 0.872. The van der Waals surface area contributed by atoms with Gasteiger partial charge < -0.3 is 14.6 Å². The van der Waals surface area contributed by atoms with Crippen LogP contribution < -0.4 is 0 Å². The van der Waals surface area contributed by atoms with Crippen molar-refractivity contribution in [2.24, 2.45) is 0 Å². The highest BCUT2D eigenvalue weighted by atomic mass is 16.6. The Morgan fingerprint density at radius 2 is 2.37 bits per heavy atom. The molecule has 19 heavy (non-hydrogen) atoms. The van der Waals surface area contributed by atoms with Gasteiger partial charge >= 0.3 is 6.09 Å². The number of H-pyrrole nitrogens is 1. The van der Waals surface area contributed by atoms with Crippen molar-refractivity contribution in [1.82, 2.24) is 19.8 Å². The number of hydrogen-bond acceptors (Lipinski definition) is 4. The Bertz CT molecular complexity index is 448. The second kappa shape index (κ2) is 4.85. The first-order valence-corrected chi connectivity index (χ1v) is 6.81. The molecular weight excluding hydrogens is 244 g/mol. The predicted octanol–water partition coefficient (Wildman–Crippen LogP) is 1.22. The van der Waals surface area contributed by atoms with E-state index in [2.05, 4.69) is 14.9 Å². The third-order valence-electron chi connectivity index (χ3n) is 4.08. The number of aromatic nitrogens is 2. The molecule has 1 aromatic rings. The maximum absolute atomic E-state index is 11.6. The van der Waals surface area contributed by atoms with E-state index < -0.39 is 0 Å². The van der Waals surface area contributed by atoms with Crippen molar-refractivity contribution in [2.75, 3.05) is 26.7 Å². The minimum absolute atomic E-state index is 0.179. The van der Waals surface area contributed by atoms with E-state index in [1.807, 2.05) is 13.2 Å². The number of amides is 1. The Morgan fingerprint density at radius 3 is 3.05 bits per heavy atom. The maximum atomic E-state index is 11.6. The normalized spacial score (nSPS) is 28.7. The lowest BCUT2D eigenvalue weighted by atomic mass is 9.95. The van der Waals surface area contributed by atoms with Gasteiger partial charge in [-0.05, 0) is 19.4 Å². The van der Waals surface area contributed by atoms with Crippen molar-refractivity contribution in [3.63, 3.8) is 0 Å². The maximum Gasteiger partial charge on any atom is 0.410 e. The lowest BCUT2D eigenvalue weighted by molar-refractivity contribution is 0.0442. The first-order valence-electron chi connectivity index (χ1n) is 6.81. The van der Waals surface area contributed by atoms with Crippen LogP contribution in [0, 0.1) is 0 Å². The van der Waals surface area contributed by atoms with E-state index >= 15 is 0 Å². The first kappa shape index (κ1) is 12.5. The number of nitrogens with zero attached hydrogens (tertiary/aromatic N) is 3. The van der Waals surface area contributed by atoms with Crippen molar-refractivity contribution < 1.29 is 9.53 Å². The van der Waals surface area contributed by atoms with Crippen molar-refractivity contribution in [3.8, 4) is 0 Å². The third-order valence-corrected chi connectivity index (χ3v) is 4.08. The van der Waals surface area contributed by atoms with Gasteiger partial charge in [0, 0.05) is 38.4 Å². The number of aromatic amines is 1. The highest BCUT2D eigenvalue weighted by molar-refractivity contribution is 5.70. The van der Waals surface area contributed by atoms with Crippen LogP contribution >= 0.6 is 0 Å². The van der Waals surface area contributed by atoms with Gasteiger partial charge in [-0.15, -0.1) is 0 Å². The monoisotopic (exact) mass is 264 g/mol. The van der Waals surface area contributed by atoms with E-state index in [0.717, 1.165) is 51.1 Å². The average Bonchev–Trinajstić information content (AvgIpc) is 2.91. The molecule has 0 unspecified atom stereocenters. The lowest BCUT2D eigenvalue weighted by Crippen LogP contribution is -2.35. The molecule has 1 amide bonds. The van der Waals surface area contributed by atoms with Crippen LogP contribution in [0.25, 0.3) is 0 Å². The Hall–Kier alpha value is -1.56. The van der Waals surface area contributed by atoms with Gasteiger partial charge in [-0.2, -0.15) is 0 Å². The first-order chi connectivity index (χ1) is 9.17. The summed E-state index contributed by atoms with van der Waals surface area (Å²) < 4.78 is 5.61. The number of nitrogens with one attached hydrogen (secondary N) is 1. The predicted molar refractivity (Wildman–Crippen MR) is 69.6 cm³/mol. The summed E-state index contributed by atoms with van der Waals surface area (Å²) in [7, 11) is 1.81. The lowest BCUT2D eigenvalue weighted by Gasteiger charge is -2.25.